The molecule has 2 aliphatic heterocycles. The van der Waals surface area contributed by atoms with Crippen molar-refractivity contribution in [3.8, 4) is 0 Å². The predicted molar refractivity (Wildman–Crippen MR) is 231 cm³/mol. The second-order valence-corrected chi connectivity index (χ2v) is 18.2. The van der Waals surface area contributed by atoms with Crippen molar-refractivity contribution >= 4 is 109 Å². The Hall–Kier alpha value is -4.84. The lowest BCUT2D eigenvalue weighted by molar-refractivity contribution is 0.590. The van der Waals surface area contributed by atoms with Crippen LogP contribution < -0.4 is 25.5 Å². The van der Waals surface area contributed by atoms with Gasteiger partial charge in [-0.1, -0.05) is 102 Å². The van der Waals surface area contributed by atoms with E-state index in [1.54, 1.807) is 11.3 Å². The van der Waals surface area contributed by atoms with Crippen molar-refractivity contribution < 1.29 is 11.0 Å². The van der Waals surface area contributed by atoms with Crippen LogP contribution in [0.4, 0.5) is 33.4 Å². The smallest absolute Gasteiger partial charge is 0.266 e. The Kier molecular flexibility index (Phi) is 5.21. The van der Waals surface area contributed by atoms with Gasteiger partial charge in [0.25, 0.3) is 6.71 Å². The lowest BCUT2D eigenvalue weighted by Crippen LogP contribution is -2.60. The molecule has 2 aliphatic rings. The van der Waals surface area contributed by atoms with Gasteiger partial charge in [0.1, 0.15) is 0 Å². The van der Waals surface area contributed by atoms with E-state index in [1.807, 2.05) is 44.7 Å². The molecule has 0 N–H and O–H groups in total. The number of thiophene rings is 2. The van der Waals surface area contributed by atoms with Crippen LogP contribution in [0, 0.1) is 6.92 Å². The van der Waals surface area contributed by atoms with Gasteiger partial charge in [-0.15, -0.1) is 22.7 Å². The van der Waals surface area contributed by atoms with Gasteiger partial charge in [-0.2, -0.15) is 0 Å². The summed E-state index contributed by atoms with van der Waals surface area (Å²) in [6.07, 6.45) is 0. The van der Waals surface area contributed by atoms with Crippen LogP contribution in [0.5, 0.6) is 0 Å². The molecule has 0 radical (unpaired) electrons. The number of benzene rings is 6. The Morgan fingerprint density at radius 2 is 1.29 bits per heavy atom. The molecule has 0 fully saturated rings. The summed E-state index contributed by atoms with van der Waals surface area (Å²) < 4.78 is 76.0. The first-order valence-electron chi connectivity index (χ1n) is 21.7. The zero-order valence-electron chi connectivity index (χ0n) is 38.2. The Morgan fingerprint density at radius 1 is 0.615 bits per heavy atom. The lowest BCUT2D eigenvalue weighted by Gasteiger charge is -2.42. The van der Waals surface area contributed by atoms with Crippen molar-refractivity contribution in [2.24, 2.45) is 0 Å². The highest BCUT2D eigenvalue weighted by Gasteiger charge is 2.47. The quantitative estimate of drug-likeness (QED) is 0.164. The molecule has 0 atom stereocenters. The lowest BCUT2D eigenvalue weighted by atomic mass is 9.36. The third-order valence-corrected chi connectivity index (χ3v) is 12.8. The average molecular weight is 717 g/mol. The van der Waals surface area contributed by atoms with Gasteiger partial charge < -0.3 is 9.80 Å². The molecule has 0 saturated carbocycles. The number of rotatable bonds is 2. The van der Waals surface area contributed by atoms with Gasteiger partial charge >= 0.3 is 0 Å². The molecule has 52 heavy (non-hydrogen) atoms. The van der Waals surface area contributed by atoms with E-state index in [1.165, 1.54) is 16.9 Å². The zero-order valence-corrected chi connectivity index (χ0v) is 31.8. The number of nitrogens with zero attached hydrogens (tertiary/aromatic N) is 2. The molecule has 254 valence electrons. The van der Waals surface area contributed by atoms with Crippen molar-refractivity contribution in [2.45, 2.75) is 59.3 Å². The third-order valence-electron chi connectivity index (χ3n) is 10.5. The van der Waals surface area contributed by atoms with E-state index >= 15 is 0 Å². The third kappa shape index (κ3) is 4.68. The maximum Gasteiger partial charge on any atom is 0.266 e. The first kappa shape index (κ1) is 24.4. The first-order chi connectivity index (χ1) is 28.3. The highest BCUT2D eigenvalue weighted by Crippen LogP contribution is 2.51. The summed E-state index contributed by atoms with van der Waals surface area (Å²) in [6, 6.07) is 23.9. The maximum absolute atomic E-state index is 9.93. The van der Waals surface area contributed by atoms with Crippen LogP contribution in [-0.2, 0) is 10.8 Å². The number of para-hydroxylation sites is 1. The molecule has 2 nitrogen and oxygen atoms in total. The highest BCUT2D eigenvalue weighted by molar-refractivity contribution is 7.35. The van der Waals surface area contributed by atoms with Gasteiger partial charge in [0.15, 0.2) is 0 Å². The molecule has 4 heterocycles. The van der Waals surface area contributed by atoms with E-state index in [0.29, 0.717) is 21.3 Å². The van der Waals surface area contributed by atoms with E-state index in [9.17, 15) is 6.85 Å². The number of anilines is 6. The van der Waals surface area contributed by atoms with Gasteiger partial charge in [-0.25, -0.2) is 0 Å². The fourth-order valence-electron chi connectivity index (χ4n) is 7.96. The molecule has 0 spiro atoms. The minimum absolute atomic E-state index is 0.0675. The largest absolute Gasteiger partial charge is 0.310 e. The molecular formula is C47H41BN2S2. The Balaban J connectivity index is 1.41. The molecule has 5 heteroatoms. The Bertz CT molecular complexity index is 3170. The van der Waals surface area contributed by atoms with Crippen LogP contribution in [0.25, 0.3) is 30.9 Å². The van der Waals surface area contributed by atoms with E-state index < -0.39 is 30.3 Å². The minimum Gasteiger partial charge on any atom is -0.310 e. The summed E-state index contributed by atoms with van der Waals surface area (Å²) >= 11 is 3.01. The molecule has 0 amide bonds. The molecule has 0 bridgehead atoms. The maximum atomic E-state index is 9.93. The number of hydrogen-bond acceptors (Lipinski definition) is 4. The van der Waals surface area contributed by atoms with E-state index in [0.717, 1.165) is 64.2 Å². The van der Waals surface area contributed by atoms with Crippen molar-refractivity contribution in [3.05, 3.63) is 138 Å². The molecule has 6 aromatic carbocycles. The van der Waals surface area contributed by atoms with E-state index in [-0.39, 0.29) is 41.3 Å². The number of hydrogen-bond donors (Lipinski definition) is 0. The normalized spacial score (nSPS) is 16.1. The average Bonchev–Trinajstić information content (AvgIpc) is 3.77. The monoisotopic (exact) mass is 716 g/mol. The molecule has 0 unspecified atom stereocenters. The Morgan fingerprint density at radius 3 is 1.98 bits per heavy atom. The van der Waals surface area contributed by atoms with Crippen LogP contribution in [0.1, 0.15) is 69.2 Å². The summed E-state index contributed by atoms with van der Waals surface area (Å²) in [4.78, 5) is 4.11. The SMILES string of the molecule is [2H]c1c([2H])c([2H])c(N2c3cc(C)cc4c3B(c3sc5c([2H])c([2H])c(C(C)(C)C)c([2H])c5c3N4c3ccc(C(C)(C)C)cc3)c3c2sc2cc4ccccc4cc32)c([2H])c1[2H]. The number of fused-ring (bicyclic) bond motifs is 9. The van der Waals surface area contributed by atoms with Crippen LogP contribution in [-0.4, -0.2) is 6.71 Å². The van der Waals surface area contributed by atoms with Crippen LogP contribution in [0.2, 0.25) is 0 Å². The molecular weight excluding hydrogens is 667 g/mol. The molecule has 8 aromatic rings. The standard InChI is InChI=1S/C47H41BN2S2/c1-28-23-37-42-38(24-28)50(33-15-9-8-10-16-33)45-41(35-25-29-13-11-12-14-30(29)26-40(35)52-45)48(42)44-43(36-27-32(47(5,6)7)19-22-39(36)51-44)49(37)34-20-17-31(18-21-34)46(2,3)4/h8-27H,1-7H3/i8D,9D,10D,15D,16D,19D,22D,27D. The first-order valence-corrected chi connectivity index (χ1v) is 19.4. The van der Waals surface area contributed by atoms with Crippen LogP contribution in [0.15, 0.2) is 121 Å². The number of aryl methyl sites for hydroxylation is 1. The zero-order chi connectivity index (χ0) is 42.6. The Labute approximate surface area is 326 Å². The van der Waals surface area contributed by atoms with Gasteiger partial charge in [0.05, 0.1) is 21.7 Å². The van der Waals surface area contributed by atoms with Crippen molar-refractivity contribution in [1.82, 2.24) is 0 Å². The van der Waals surface area contributed by atoms with Crippen LogP contribution in [0.3, 0.4) is 0 Å². The topological polar surface area (TPSA) is 6.48 Å². The van der Waals surface area contributed by atoms with Crippen molar-refractivity contribution in [2.75, 3.05) is 9.80 Å². The van der Waals surface area contributed by atoms with Crippen molar-refractivity contribution in [1.29, 1.82) is 0 Å². The minimum atomic E-state index is -0.574. The molecule has 0 aliphatic carbocycles. The fourth-order valence-corrected chi connectivity index (χ4v) is 10.5. The van der Waals surface area contributed by atoms with E-state index in [4.69, 9.17) is 4.11 Å². The van der Waals surface area contributed by atoms with Gasteiger partial charge in [0, 0.05) is 42.3 Å². The summed E-state index contributed by atoms with van der Waals surface area (Å²) in [6.45, 7) is 14.2. The van der Waals surface area contributed by atoms with Gasteiger partial charge in [-0.3, -0.25) is 0 Å². The summed E-state index contributed by atoms with van der Waals surface area (Å²) in [5, 5.41) is 4.52. The molecule has 2 aromatic heterocycles. The summed E-state index contributed by atoms with van der Waals surface area (Å²) in [5.41, 5.74) is 7.13. The molecule has 0 saturated heterocycles. The highest BCUT2D eigenvalue weighted by atomic mass is 32.1. The second-order valence-electron chi connectivity index (χ2n) is 16.1. The fraction of sp³-hybridized carbons (Fsp3) is 0.191. The van der Waals surface area contributed by atoms with E-state index in [2.05, 4.69) is 86.3 Å². The van der Waals surface area contributed by atoms with Crippen molar-refractivity contribution in [3.63, 3.8) is 0 Å². The second kappa shape index (κ2) is 11.1. The summed E-state index contributed by atoms with van der Waals surface area (Å²) in [7, 11) is 0. The van der Waals surface area contributed by atoms with Gasteiger partial charge in [-0.05, 0) is 122 Å². The predicted octanol–water partition coefficient (Wildman–Crippen LogP) is 12.3. The van der Waals surface area contributed by atoms with Gasteiger partial charge in [0.2, 0.25) is 0 Å². The summed E-state index contributed by atoms with van der Waals surface area (Å²) in [5.74, 6) is 0. The molecule has 10 rings (SSSR count). The van der Waals surface area contributed by atoms with Crippen LogP contribution >= 0.6 is 22.7 Å².